The van der Waals surface area contributed by atoms with Gasteiger partial charge < -0.3 is 5.32 Å². The summed E-state index contributed by atoms with van der Waals surface area (Å²) in [6, 6.07) is 7.16. The van der Waals surface area contributed by atoms with Crippen LogP contribution in [0.4, 0.5) is 0 Å². The molecule has 1 aliphatic heterocycles. The van der Waals surface area contributed by atoms with Crippen LogP contribution in [0.2, 0.25) is 0 Å². The molecule has 0 aromatic heterocycles. The lowest BCUT2D eigenvalue weighted by Gasteiger charge is -2.33. The first kappa shape index (κ1) is 16.2. The van der Waals surface area contributed by atoms with Crippen molar-refractivity contribution in [2.75, 3.05) is 0 Å². The van der Waals surface area contributed by atoms with Crippen LogP contribution in [0.1, 0.15) is 36.0 Å². The third kappa shape index (κ3) is 3.16. The number of hydrogen-bond donors (Lipinski definition) is 1. The van der Waals surface area contributed by atoms with Crippen molar-refractivity contribution in [3.63, 3.8) is 0 Å². The Kier molecular flexibility index (Phi) is 4.25. The number of aliphatic imine (C=N–C) groups is 1. The maximum Gasteiger partial charge on any atom is 0.277 e. The van der Waals surface area contributed by atoms with E-state index < -0.39 is 0 Å². The van der Waals surface area contributed by atoms with E-state index in [1.807, 2.05) is 24.3 Å². The Labute approximate surface area is 154 Å². The van der Waals surface area contributed by atoms with Gasteiger partial charge in [-0.05, 0) is 61.6 Å². The molecule has 0 fully saturated rings. The Balaban J connectivity index is 1.63. The van der Waals surface area contributed by atoms with E-state index >= 15 is 0 Å². The van der Waals surface area contributed by atoms with Gasteiger partial charge in [0.05, 0.1) is 5.71 Å². The predicted octanol–water partition coefficient (Wildman–Crippen LogP) is 4.10. The second kappa shape index (κ2) is 6.56. The number of nitrogens with zero attached hydrogens (tertiary/aromatic N) is 1. The lowest BCUT2D eigenvalue weighted by molar-refractivity contribution is -0.117. The zero-order valence-electron chi connectivity index (χ0n) is 13.6. The molecule has 1 N–H and O–H groups in total. The zero-order chi connectivity index (χ0) is 17.4. The first-order chi connectivity index (χ1) is 12.1. The summed E-state index contributed by atoms with van der Waals surface area (Å²) in [7, 11) is 0. The molecule has 0 bridgehead atoms. The molecule has 126 valence electrons. The van der Waals surface area contributed by atoms with Gasteiger partial charge in [0.15, 0.2) is 0 Å². The molecule has 3 aliphatic rings. The van der Waals surface area contributed by atoms with Crippen molar-refractivity contribution in [3.05, 3.63) is 69.4 Å². The fraction of sp³-hybridized carbons (Fsp3) is 0.250. The molecule has 4 rings (SSSR count). The number of nitrogens with one attached hydrogen (secondary N) is 1. The molecule has 0 spiro atoms. The summed E-state index contributed by atoms with van der Waals surface area (Å²) in [4.78, 5) is 28.9. The molecule has 2 amide bonds. The van der Waals surface area contributed by atoms with Crippen molar-refractivity contribution < 1.29 is 9.59 Å². The molecular weight excluding hydrogens is 380 g/mol. The highest BCUT2D eigenvalue weighted by molar-refractivity contribution is 9.10. The maximum absolute atomic E-state index is 12.3. The number of halogens is 1. The molecule has 25 heavy (non-hydrogen) atoms. The monoisotopic (exact) mass is 396 g/mol. The first-order valence-electron chi connectivity index (χ1n) is 8.43. The molecule has 1 atom stereocenters. The van der Waals surface area contributed by atoms with Crippen LogP contribution in [0.15, 0.2) is 68.8 Å². The van der Waals surface area contributed by atoms with Gasteiger partial charge >= 0.3 is 0 Å². The molecule has 2 aliphatic carbocycles. The second-order valence-electron chi connectivity index (χ2n) is 6.45. The quantitative estimate of drug-likeness (QED) is 0.776. The summed E-state index contributed by atoms with van der Waals surface area (Å²) in [6.07, 6.45) is 9.78. The van der Waals surface area contributed by atoms with Crippen LogP contribution < -0.4 is 5.32 Å². The van der Waals surface area contributed by atoms with Gasteiger partial charge in [0.25, 0.3) is 11.8 Å². The Bertz CT molecular complexity index is 893. The number of carbonyl (C=O) groups is 2. The van der Waals surface area contributed by atoms with Gasteiger partial charge in [-0.2, -0.15) is 0 Å². The van der Waals surface area contributed by atoms with Gasteiger partial charge in [0.1, 0.15) is 0 Å². The Hall–Kier alpha value is -2.27. The summed E-state index contributed by atoms with van der Waals surface area (Å²) >= 11 is 3.36. The SMILES string of the molecule is O=C1NC2=CC(=NC(=O)c3cccc(Br)c3)C=CC2C2=C1CCCC2. The maximum atomic E-state index is 12.3. The molecule has 1 heterocycles. The molecule has 0 radical (unpaired) electrons. The fourth-order valence-electron chi connectivity index (χ4n) is 3.62. The van der Waals surface area contributed by atoms with Crippen LogP contribution in [-0.4, -0.2) is 17.5 Å². The Morgan fingerprint density at radius 2 is 2.08 bits per heavy atom. The minimum absolute atomic E-state index is 0.00478. The average molecular weight is 397 g/mol. The van der Waals surface area contributed by atoms with Crippen molar-refractivity contribution in [1.29, 1.82) is 0 Å². The number of fused-ring (bicyclic) bond motifs is 2. The molecule has 4 nitrogen and oxygen atoms in total. The van der Waals surface area contributed by atoms with E-state index in [9.17, 15) is 9.59 Å². The summed E-state index contributed by atoms with van der Waals surface area (Å²) in [5.74, 6) is -0.172. The predicted molar refractivity (Wildman–Crippen MR) is 100 cm³/mol. The fourth-order valence-corrected chi connectivity index (χ4v) is 4.02. The third-order valence-corrected chi connectivity index (χ3v) is 5.31. The van der Waals surface area contributed by atoms with Gasteiger partial charge in [-0.3, -0.25) is 9.59 Å². The number of carbonyl (C=O) groups excluding carboxylic acids is 2. The van der Waals surface area contributed by atoms with Crippen molar-refractivity contribution in [1.82, 2.24) is 5.32 Å². The number of benzene rings is 1. The number of amides is 2. The highest BCUT2D eigenvalue weighted by Gasteiger charge is 2.33. The number of hydrogen-bond acceptors (Lipinski definition) is 2. The zero-order valence-corrected chi connectivity index (χ0v) is 15.2. The average Bonchev–Trinajstić information content (AvgIpc) is 2.62. The van der Waals surface area contributed by atoms with Crippen LogP contribution in [0, 0.1) is 5.92 Å². The van der Waals surface area contributed by atoms with Gasteiger partial charge in [0.2, 0.25) is 0 Å². The van der Waals surface area contributed by atoms with Crippen LogP contribution in [-0.2, 0) is 4.79 Å². The second-order valence-corrected chi connectivity index (χ2v) is 7.37. The molecular formula is C20H17BrN2O2. The van der Waals surface area contributed by atoms with Crippen molar-refractivity contribution in [3.8, 4) is 0 Å². The van der Waals surface area contributed by atoms with Gasteiger partial charge in [-0.25, -0.2) is 4.99 Å². The third-order valence-electron chi connectivity index (χ3n) is 4.82. The van der Waals surface area contributed by atoms with Crippen LogP contribution >= 0.6 is 15.9 Å². The Morgan fingerprint density at radius 1 is 1.24 bits per heavy atom. The van der Waals surface area contributed by atoms with E-state index in [0.29, 0.717) is 11.3 Å². The highest BCUT2D eigenvalue weighted by atomic mass is 79.9. The van der Waals surface area contributed by atoms with Crippen LogP contribution in [0.5, 0.6) is 0 Å². The summed E-state index contributed by atoms with van der Waals surface area (Å²) in [6.45, 7) is 0. The lowest BCUT2D eigenvalue weighted by atomic mass is 9.77. The lowest BCUT2D eigenvalue weighted by Crippen LogP contribution is -2.37. The minimum atomic E-state index is -0.295. The molecule has 0 saturated carbocycles. The van der Waals surface area contributed by atoms with Crippen molar-refractivity contribution >= 4 is 33.5 Å². The number of allylic oxidation sites excluding steroid dienone is 3. The van der Waals surface area contributed by atoms with E-state index in [-0.39, 0.29) is 17.7 Å². The highest BCUT2D eigenvalue weighted by Crippen LogP contribution is 2.38. The largest absolute Gasteiger partial charge is 0.325 e. The number of rotatable bonds is 1. The van der Waals surface area contributed by atoms with Crippen molar-refractivity contribution in [2.45, 2.75) is 25.7 Å². The van der Waals surface area contributed by atoms with Crippen LogP contribution in [0.3, 0.4) is 0 Å². The van der Waals surface area contributed by atoms with E-state index in [0.717, 1.165) is 41.4 Å². The van der Waals surface area contributed by atoms with E-state index in [1.165, 1.54) is 5.57 Å². The molecule has 1 aromatic carbocycles. The van der Waals surface area contributed by atoms with Crippen molar-refractivity contribution in [2.24, 2.45) is 10.9 Å². The standard InChI is InChI=1S/C20H17BrN2O2/c21-13-5-3-4-12(10-13)19(24)22-14-8-9-16-15-6-1-2-7-17(15)20(25)23-18(16)11-14/h3-5,8-11,16H,1-2,6-7H2,(H,23,25). The topological polar surface area (TPSA) is 58.5 Å². The smallest absolute Gasteiger partial charge is 0.277 e. The van der Waals surface area contributed by atoms with Gasteiger partial charge in [-0.15, -0.1) is 0 Å². The normalized spacial score (nSPS) is 23.7. The van der Waals surface area contributed by atoms with E-state index in [4.69, 9.17) is 0 Å². The molecule has 1 unspecified atom stereocenters. The molecule has 5 heteroatoms. The van der Waals surface area contributed by atoms with Crippen LogP contribution in [0.25, 0.3) is 0 Å². The van der Waals surface area contributed by atoms with E-state index in [1.54, 1.807) is 18.2 Å². The van der Waals surface area contributed by atoms with Gasteiger partial charge in [0, 0.05) is 27.2 Å². The molecule has 0 saturated heterocycles. The molecule has 1 aromatic rings. The summed E-state index contributed by atoms with van der Waals surface area (Å²) in [5.41, 5.74) is 4.10. The first-order valence-corrected chi connectivity index (χ1v) is 9.23. The minimum Gasteiger partial charge on any atom is -0.325 e. The summed E-state index contributed by atoms with van der Waals surface area (Å²) < 4.78 is 0.840. The van der Waals surface area contributed by atoms with Gasteiger partial charge in [-0.1, -0.05) is 28.1 Å². The summed E-state index contributed by atoms with van der Waals surface area (Å²) in [5, 5.41) is 2.98. The Morgan fingerprint density at radius 3 is 2.92 bits per heavy atom. The van der Waals surface area contributed by atoms with E-state index in [2.05, 4.69) is 26.2 Å².